The Morgan fingerprint density at radius 1 is 1.21 bits per heavy atom. The van der Waals surface area contributed by atoms with Crippen molar-refractivity contribution in [3.63, 3.8) is 0 Å². The van der Waals surface area contributed by atoms with Gasteiger partial charge in [0.2, 0.25) is 0 Å². The Hall–Kier alpha value is -2.24. The summed E-state index contributed by atoms with van der Waals surface area (Å²) in [6, 6.07) is -0.717. The molecule has 0 amide bonds. The molecule has 1 aromatic rings. The first kappa shape index (κ1) is 22.1. The van der Waals surface area contributed by atoms with Crippen LogP contribution in [0.1, 0.15) is 30.5 Å². The smallest absolute Gasteiger partial charge is 0.418 e. The van der Waals surface area contributed by atoms with Crippen LogP contribution in [0.4, 0.5) is 32.0 Å². The summed E-state index contributed by atoms with van der Waals surface area (Å²) in [5.74, 6) is -0.780. The summed E-state index contributed by atoms with van der Waals surface area (Å²) in [5, 5.41) is 3.39. The zero-order chi connectivity index (χ0) is 21.5. The van der Waals surface area contributed by atoms with Gasteiger partial charge >= 0.3 is 18.3 Å². The van der Waals surface area contributed by atoms with Crippen LogP contribution >= 0.6 is 0 Å². The fourth-order valence-corrected chi connectivity index (χ4v) is 3.72. The molecule has 0 aliphatic carbocycles. The lowest BCUT2D eigenvalue weighted by atomic mass is 9.99. The number of esters is 1. The molecule has 0 radical (unpaired) electrons. The van der Waals surface area contributed by atoms with E-state index < -0.39 is 56.5 Å². The molecule has 1 aliphatic rings. The van der Waals surface area contributed by atoms with Crippen LogP contribution in [0, 0.1) is 0 Å². The van der Waals surface area contributed by atoms with Crippen LogP contribution in [0.2, 0.25) is 0 Å². The number of ether oxygens (including phenoxy) is 1. The highest BCUT2D eigenvalue weighted by atomic mass is 32.2. The minimum Gasteiger partial charge on any atom is -0.464 e. The highest BCUT2D eigenvalue weighted by molar-refractivity contribution is 7.96. The van der Waals surface area contributed by atoms with Crippen LogP contribution in [0.15, 0.2) is 21.9 Å². The summed E-state index contributed by atoms with van der Waals surface area (Å²) in [5.41, 5.74) is -4.97. The third-order valence-electron chi connectivity index (χ3n) is 3.65. The first-order valence-corrected chi connectivity index (χ1v) is 9.84. The van der Waals surface area contributed by atoms with Crippen molar-refractivity contribution >= 4 is 27.1 Å². The van der Waals surface area contributed by atoms with Gasteiger partial charge in [-0.1, -0.05) is 0 Å². The van der Waals surface area contributed by atoms with E-state index in [2.05, 4.69) is 9.68 Å². The summed E-state index contributed by atoms with van der Waals surface area (Å²) in [7, 11) is -3.34. The summed E-state index contributed by atoms with van der Waals surface area (Å²) >= 11 is 0. The van der Waals surface area contributed by atoms with E-state index in [0.29, 0.717) is 6.07 Å². The third kappa shape index (κ3) is 4.78. The zero-order valence-corrected chi connectivity index (χ0v) is 15.7. The molecule has 2 rings (SSSR count). The second kappa shape index (κ2) is 7.30. The number of benzene rings is 1. The van der Waals surface area contributed by atoms with E-state index in [1.807, 2.05) is 0 Å². The molecule has 28 heavy (non-hydrogen) atoms. The van der Waals surface area contributed by atoms with E-state index in [4.69, 9.17) is 4.74 Å². The van der Waals surface area contributed by atoms with Gasteiger partial charge in [-0.25, -0.2) is 9.00 Å². The molecule has 0 spiro atoms. The first-order valence-electron chi connectivity index (χ1n) is 7.85. The standard InChI is InChI=1S/C16H16F6N2O3S/c1-4-27-14(25)8(2)23-12-7-28(3,26)24-13-10(12)5-9(15(17,18)19)6-11(13)16(20,21)22/h5-8,23H,4H2,1-3H3. The number of halogens is 6. The summed E-state index contributed by atoms with van der Waals surface area (Å²) in [6.07, 6.45) is -9.19. The highest BCUT2D eigenvalue weighted by Gasteiger charge is 2.41. The lowest BCUT2D eigenvalue weighted by molar-refractivity contribution is -0.145. The minimum absolute atomic E-state index is 0.0246. The van der Waals surface area contributed by atoms with Crippen LogP contribution in [0.3, 0.4) is 0 Å². The fourth-order valence-electron chi connectivity index (χ4n) is 2.48. The zero-order valence-electron chi connectivity index (χ0n) is 14.9. The molecule has 2 unspecified atom stereocenters. The Balaban J connectivity index is 2.71. The van der Waals surface area contributed by atoms with E-state index in [0.717, 1.165) is 11.7 Å². The van der Waals surface area contributed by atoms with Crippen LogP contribution in [0.25, 0.3) is 5.70 Å². The lowest BCUT2D eigenvalue weighted by Gasteiger charge is -2.24. The van der Waals surface area contributed by atoms with Crippen molar-refractivity contribution in [2.45, 2.75) is 32.2 Å². The molecule has 0 aromatic heterocycles. The molecule has 156 valence electrons. The number of alkyl halides is 6. The molecule has 1 aliphatic heterocycles. The van der Waals surface area contributed by atoms with Gasteiger partial charge in [-0.3, -0.25) is 0 Å². The molecular weight excluding hydrogens is 414 g/mol. The Morgan fingerprint density at radius 2 is 1.82 bits per heavy atom. The number of carbonyl (C=O) groups excluding carboxylic acids is 1. The normalized spacial score (nSPS) is 20.5. The van der Waals surface area contributed by atoms with Gasteiger partial charge in [-0.15, -0.1) is 0 Å². The number of fused-ring (bicyclic) bond motifs is 1. The Labute approximate surface area is 156 Å². The van der Waals surface area contributed by atoms with Gasteiger partial charge in [-0.2, -0.15) is 30.7 Å². The van der Waals surface area contributed by atoms with Gasteiger partial charge in [0.05, 0.1) is 38.8 Å². The van der Waals surface area contributed by atoms with Crippen molar-refractivity contribution in [1.29, 1.82) is 0 Å². The lowest BCUT2D eigenvalue weighted by Crippen LogP contribution is -2.35. The SMILES string of the molecule is CCOC(=O)C(C)NC1=CS(C)(=O)=Nc2c1cc(C(F)(F)F)cc2C(F)(F)F. The second-order valence-corrected chi connectivity index (χ2v) is 8.16. The Bertz CT molecular complexity index is 943. The number of carbonyl (C=O) groups is 1. The highest BCUT2D eigenvalue weighted by Crippen LogP contribution is 2.46. The Morgan fingerprint density at radius 3 is 2.32 bits per heavy atom. The van der Waals surface area contributed by atoms with Crippen molar-refractivity contribution in [1.82, 2.24) is 5.32 Å². The molecule has 0 saturated heterocycles. The van der Waals surface area contributed by atoms with Crippen LogP contribution < -0.4 is 5.32 Å². The maximum atomic E-state index is 13.4. The number of hydrogen-bond donors (Lipinski definition) is 1. The maximum absolute atomic E-state index is 13.4. The molecule has 1 aromatic carbocycles. The topological polar surface area (TPSA) is 67.8 Å². The first-order chi connectivity index (χ1) is 12.7. The van der Waals surface area contributed by atoms with E-state index in [1.54, 1.807) is 0 Å². The molecule has 0 bridgehead atoms. The number of hydrogen-bond acceptors (Lipinski definition) is 5. The molecule has 1 heterocycles. The predicted molar refractivity (Wildman–Crippen MR) is 89.8 cm³/mol. The van der Waals surface area contributed by atoms with Crippen LogP contribution in [-0.2, 0) is 31.6 Å². The molecule has 1 N–H and O–H groups in total. The predicted octanol–water partition coefficient (Wildman–Crippen LogP) is 4.31. The van der Waals surface area contributed by atoms with E-state index >= 15 is 0 Å². The average Bonchev–Trinajstić information content (AvgIpc) is 2.51. The van der Waals surface area contributed by atoms with Crippen LogP contribution in [0.5, 0.6) is 0 Å². The number of rotatable bonds is 4. The minimum atomic E-state index is -5.17. The molecule has 2 atom stereocenters. The average molecular weight is 430 g/mol. The van der Waals surface area contributed by atoms with Gasteiger partial charge in [0.25, 0.3) is 0 Å². The third-order valence-corrected chi connectivity index (χ3v) is 4.87. The van der Waals surface area contributed by atoms with Crippen molar-refractivity contribution in [3.8, 4) is 0 Å². The quantitative estimate of drug-likeness (QED) is 0.571. The van der Waals surface area contributed by atoms with Gasteiger partial charge < -0.3 is 10.1 Å². The Kier molecular flexibility index (Phi) is 5.75. The van der Waals surface area contributed by atoms with Gasteiger partial charge in [-0.05, 0) is 26.0 Å². The summed E-state index contributed by atoms with van der Waals surface area (Å²) in [4.78, 5) is 11.8. The van der Waals surface area contributed by atoms with Crippen molar-refractivity contribution in [2.24, 2.45) is 4.36 Å². The monoisotopic (exact) mass is 430 g/mol. The largest absolute Gasteiger partial charge is 0.464 e. The molecular formula is C16H16F6N2O3S. The van der Waals surface area contributed by atoms with Gasteiger partial charge in [0.15, 0.2) is 0 Å². The fraction of sp³-hybridized carbons (Fsp3) is 0.438. The van der Waals surface area contributed by atoms with E-state index in [9.17, 15) is 35.3 Å². The van der Waals surface area contributed by atoms with Crippen molar-refractivity contribution in [3.05, 3.63) is 34.2 Å². The van der Waals surface area contributed by atoms with Gasteiger partial charge in [0, 0.05) is 17.2 Å². The maximum Gasteiger partial charge on any atom is 0.418 e. The van der Waals surface area contributed by atoms with E-state index in [-0.39, 0.29) is 18.4 Å². The second-order valence-electron chi connectivity index (χ2n) is 6.02. The molecule has 0 fully saturated rings. The van der Waals surface area contributed by atoms with Crippen molar-refractivity contribution < 1.29 is 40.1 Å². The molecule has 12 heteroatoms. The molecule has 0 saturated carbocycles. The van der Waals surface area contributed by atoms with Gasteiger partial charge in [0.1, 0.15) is 6.04 Å². The number of nitrogens with zero attached hydrogens (tertiary/aromatic N) is 1. The number of nitrogens with one attached hydrogen (secondary N) is 1. The van der Waals surface area contributed by atoms with E-state index in [1.165, 1.54) is 13.8 Å². The van der Waals surface area contributed by atoms with Crippen molar-refractivity contribution in [2.75, 3.05) is 12.9 Å². The molecule has 5 nitrogen and oxygen atoms in total. The summed E-state index contributed by atoms with van der Waals surface area (Å²) in [6.45, 7) is 2.86. The van der Waals surface area contributed by atoms with Crippen LogP contribution in [-0.4, -0.2) is 29.1 Å². The summed E-state index contributed by atoms with van der Waals surface area (Å²) < 4.78 is 100.